The average molecular weight is 557 g/mol. The molecule has 9 heteroatoms. The lowest BCUT2D eigenvalue weighted by atomic mass is 9.89. The van der Waals surface area contributed by atoms with Gasteiger partial charge in [0.1, 0.15) is 24.1 Å². The number of nitrogens with one attached hydrogen (secondary N) is 1. The number of benzene rings is 2. The molecule has 3 aromatic heterocycles. The lowest BCUT2D eigenvalue weighted by Gasteiger charge is -2.23. The van der Waals surface area contributed by atoms with Crippen molar-refractivity contribution in [1.29, 1.82) is 0 Å². The summed E-state index contributed by atoms with van der Waals surface area (Å²) in [5.74, 6) is -0.00387. The molecule has 0 saturated carbocycles. The van der Waals surface area contributed by atoms with Crippen LogP contribution in [0.25, 0.3) is 44.5 Å². The van der Waals surface area contributed by atoms with Crippen molar-refractivity contribution >= 4 is 32.8 Å². The first-order chi connectivity index (χ1) is 18.1. The largest absolute Gasteiger partial charge is 0.383 e. The highest BCUT2D eigenvalue weighted by atomic mass is 79.9. The van der Waals surface area contributed by atoms with E-state index in [9.17, 15) is 4.39 Å². The quantitative estimate of drug-likeness (QED) is 0.298. The zero-order valence-electron chi connectivity index (χ0n) is 19.7. The summed E-state index contributed by atoms with van der Waals surface area (Å²) in [5.41, 5.74) is 12.5. The van der Waals surface area contributed by atoms with Gasteiger partial charge in [-0.2, -0.15) is 0 Å². The number of hydrogen-bond donors (Lipinski definition) is 2. The predicted octanol–water partition coefficient (Wildman–Crippen LogP) is 5.57. The third-order valence-corrected chi connectivity index (χ3v) is 6.87. The molecule has 0 bridgehead atoms. The average Bonchev–Trinajstić information content (AvgIpc) is 2.93. The first-order valence-electron chi connectivity index (χ1n) is 11.8. The van der Waals surface area contributed by atoms with Gasteiger partial charge >= 0.3 is 0 Å². The molecule has 6 rings (SSSR count). The van der Waals surface area contributed by atoms with E-state index in [1.54, 1.807) is 18.3 Å². The molecular weight excluding hydrogens is 535 g/mol. The smallest absolute Gasteiger partial charge is 0.165 e. The second kappa shape index (κ2) is 9.93. The zero-order valence-corrected chi connectivity index (χ0v) is 21.2. The standard InChI is InChI=1S/C28H22BrFN6O/c29-19-3-1-2-17(12-19)23-24(16-4-7-20(30)8-5-16)26(36-28-25(23)27(31)34-15-35-28)18-6-9-21(33-13-18)22-14-32-10-11-37-22/h1-9,12-13,15,22,32H,10-11,14H2,(H2,31,34,35,36). The Morgan fingerprint density at radius 1 is 0.946 bits per heavy atom. The van der Waals surface area contributed by atoms with E-state index < -0.39 is 0 Å². The summed E-state index contributed by atoms with van der Waals surface area (Å²) >= 11 is 3.59. The van der Waals surface area contributed by atoms with E-state index in [2.05, 4.69) is 31.2 Å². The van der Waals surface area contributed by atoms with Crippen LogP contribution < -0.4 is 11.1 Å². The maximum atomic E-state index is 14.0. The fourth-order valence-corrected chi connectivity index (χ4v) is 5.05. The number of rotatable bonds is 4. The molecular formula is C28H22BrFN6O. The fourth-order valence-electron chi connectivity index (χ4n) is 4.65. The molecule has 0 radical (unpaired) electrons. The number of halogens is 2. The van der Waals surface area contributed by atoms with Gasteiger partial charge in [-0.25, -0.2) is 19.3 Å². The Kier molecular flexibility index (Phi) is 6.33. The van der Waals surface area contributed by atoms with Crippen LogP contribution in [-0.4, -0.2) is 39.6 Å². The van der Waals surface area contributed by atoms with Crippen molar-refractivity contribution in [3.05, 3.63) is 89.2 Å². The number of aromatic nitrogens is 4. The highest BCUT2D eigenvalue weighted by Crippen LogP contribution is 2.44. The van der Waals surface area contributed by atoms with Crippen molar-refractivity contribution in [2.24, 2.45) is 0 Å². The summed E-state index contributed by atoms with van der Waals surface area (Å²) in [5, 5.41) is 3.97. The molecule has 4 heterocycles. The first kappa shape index (κ1) is 23.6. The van der Waals surface area contributed by atoms with Gasteiger partial charge < -0.3 is 15.8 Å². The topological polar surface area (TPSA) is 98.8 Å². The van der Waals surface area contributed by atoms with Crippen LogP contribution in [0.4, 0.5) is 10.2 Å². The van der Waals surface area contributed by atoms with Crippen LogP contribution in [0.3, 0.4) is 0 Å². The van der Waals surface area contributed by atoms with Gasteiger partial charge in [0.2, 0.25) is 0 Å². The van der Waals surface area contributed by atoms with Crippen molar-refractivity contribution in [1.82, 2.24) is 25.3 Å². The van der Waals surface area contributed by atoms with E-state index in [0.29, 0.717) is 35.7 Å². The molecule has 3 N–H and O–H groups in total. The van der Waals surface area contributed by atoms with Crippen LogP contribution in [0.5, 0.6) is 0 Å². The number of anilines is 1. The van der Waals surface area contributed by atoms with Gasteiger partial charge in [0, 0.05) is 40.4 Å². The highest BCUT2D eigenvalue weighted by Gasteiger charge is 2.23. The van der Waals surface area contributed by atoms with E-state index >= 15 is 0 Å². The molecule has 37 heavy (non-hydrogen) atoms. The molecule has 7 nitrogen and oxygen atoms in total. The minimum atomic E-state index is -0.321. The number of morpholine rings is 1. The Morgan fingerprint density at radius 2 is 1.78 bits per heavy atom. The predicted molar refractivity (Wildman–Crippen MR) is 145 cm³/mol. The SMILES string of the molecule is Nc1ncnc2nc(-c3ccc(C4CNCCO4)nc3)c(-c3ccc(F)cc3)c(-c3cccc(Br)c3)c12. The maximum absolute atomic E-state index is 14.0. The molecule has 1 atom stereocenters. The maximum Gasteiger partial charge on any atom is 0.165 e. The second-order valence-corrected chi connectivity index (χ2v) is 9.64. The summed E-state index contributed by atoms with van der Waals surface area (Å²) in [6.45, 7) is 2.19. The molecule has 1 aliphatic heterocycles. The Bertz CT molecular complexity index is 1590. The Morgan fingerprint density at radius 3 is 2.51 bits per heavy atom. The molecule has 184 valence electrons. The Hall–Kier alpha value is -3.79. The van der Waals surface area contributed by atoms with Crippen molar-refractivity contribution < 1.29 is 9.13 Å². The lowest BCUT2D eigenvalue weighted by molar-refractivity contribution is 0.0250. The summed E-state index contributed by atoms with van der Waals surface area (Å²) in [6.07, 6.45) is 3.10. The molecule has 0 amide bonds. The van der Waals surface area contributed by atoms with Crippen LogP contribution in [0.1, 0.15) is 11.8 Å². The second-order valence-electron chi connectivity index (χ2n) is 8.72. The van der Waals surface area contributed by atoms with Gasteiger partial charge in [-0.05, 0) is 47.5 Å². The van der Waals surface area contributed by atoms with E-state index in [0.717, 1.165) is 44.5 Å². The van der Waals surface area contributed by atoms with Gasteiger partial charge in [-0.3, -0.25) is 4.98 Å². The highest BCUT2D eigenvalue weighted by molar-refractivity contribution is 9.10. The van der Waals surface area contributed by atoms with Crippen molar-refractivity contribution in [3.63, 3.8) is 0 Å². The molecule has 1 fully saturated rings. The van der Waals surface area contributed by atoms with E-state index in [1.807, 2.05) is 36.4 Å². The van der Waals surface area contributed by atoms with Gasteiger partial charge in [-0.15, -0.1) is 0 Å². The van der Waals surface area contributed by atoms with E-state index in [-0.39, 0.29) is 11.9 Å². The lowest BCUT2D eigenvalue weighted by Crippen LogP contribution is -2.33. The molecule has 1 saturated heterocycles. The third kappa shape index (κ3) is 4.57. The Labute approximate surface area is 221 Å². The summed E-state index contributed by atoms with van der Waals surface area (Å²) in [6, 6.07) is 18.2. The number of nitrogens with zero attached hydrogens (tertiary/aromatic N) is 4. The number of pyridine rings is 2. The molecule has 5 aromatic rings. The minimum Gasteiger partial charge on any atom is -0.383 e. The van der Waals surface area contributed by atoms with Gasteiger partial charge in [0.15, 0.2) is 5.65 Å². The molecule has 0 spiro atoms. The third-order valence-electron chi connectivity index (χ3n) is 6.37. The van der Waals surface area contributed by atoms with E-state index in [1.165, 1.54) is 18.5 Å². The summed E-state index contributed by atoms with van der Waals surface area (Å²) in [7, 11) is 0. The van der Waals surface area contributed by atoms with Gasteiger partial charge in [0.25, 0.3) is 0 Å². The van der Waals surface area contributed by atoms with Gasteiger partial charge in [-0.1, -0.05) is 40.2 Å². The fraction of sp³-hybridized carbons (Fsp3) is 0.143. The summed E-state index contributed by atoms with van der Waals surface area (Å²) < 4.78 is 20.7. The molecule has 1 aliphatic rings. The monoisotopic (exact) mass is 556 g/mol. The summed E-state index contributed by atoms with van der Waals surface area (Å²) in [4.78, 5) is 18.4. The number of nitrogens with two attached hydrogens (primary N) is 1. The minimum absolute atomic E-state index is 0.103. The van der Waals surface area contributed by atoms with Gasteiger partial charge in [0.05, 0.1) is 23.4 Å². The van der Waals surface area contributed by atoms with Crippen molar-refractivity contribution in [2.45, 2.75) is 6.10 Å². The van der Waals surface area contributed by atoms with E-state index in [4.69, 9.17) is 20.4 Å². The van der Waals surface area contributed by atoms with Crippen LogP contribution in [0.2, 0.25) is 0 Å². The number of nitrogen functional groups attached to an aromatic ring is 1. The van der Waals surface area contributed by atoms with Crippen LogP contribution in [0, 0.1) is 5.82 Å². The molecule has 2 aromatic carbocycles. The molecule has 1 unspecified atom stereocenters. The zero-order chi connectivity index (χ0) is 25.4. The van der Waals surface area contributed by atoms with Crippen LogP contribution in [-0.2, 0) is 4.74 Å². The van der Waals surface area contributed by atoms with Crippen molar-refractivity contribution in [2.75, 3.05) is 25.4 Å². The number of hydrogen-bond acceptors (Lipinski definition) is 7. The number of ether oxygens (including phenoxy) is 1. The number of fused-ring (bicyclic) bond motifs is 1. The van der Waals surface area contributed by atoms with Crippen molar-refractivity contribution in [3.8, 4) is 33.5 Å². The van der Waals surface area contributed by atoms with Crippen LogP contribution in [0.15, 0.2) is 77.7 Å². The Balaban J connectivity index is 1.64. The first-order valence-corrected chi connectivity index (χ1v) is 12.6. The van der Waals surface area contributed by atoms with Crippen LogP contribution >= 0.6 is 15.9 Å². The normalized spacial score (nSPS) is 15.7. The molecule has 0 aliphatic carbocycles.